The molecular weight excluding hydrogens is 412 g/mol. The first-order valence-electron chi connectivity index (χ1n) is 16.5. The van der Waals surface area contributed by atoms with Gasteiger partial charge in [-0.25, -0.2) is 0 Å². The third-order valence-corrected chi connectivity index (χ3v) is 7.78. The van der Waals surface area contributed by atoms with Gasteiger partial charge in [0.2, 0.25) is 0 Å². The Morgan fingerprint density at radius 1 is 0.294 bits per heavy atom. The van der Waals surface area contributed by atoms with Gasteiger partial charge in [-0.15, -0.1) is 0 Å². The molecule has 0 aromatic rings. The van der Waals surface area contributed by atoms with Crippen molar-refractivity contribution in [2.45, 2.75) is 213 Å². The van der Waals surface area contributed by atoms with Gasteiger partial charge in [0, 0.05) is 0 Å². The van der Waals surface area contributed by atoms with Gasteiger partial charge in [0.05, 0.1) is 6.10 Å². The Bertz CT molecular complexity index is 339. The zero-order chi connectivity index (χ0) is 24.8. The van der Waals surface area contributed by atoms with Crippen molar-refractivity contribution in [3.63, 3.8) is 0 Å². The molecule has 0 aliphatic heterocycles. The predicted molar refractivity (Wildman–Crippen MR) is 156 cm³/mol. The lowest BCUT2D eigenvalue weighted by Gasteiger charge is -2.10. The third kappa shape index (κ3) is 30.0. The molecule has 0 aliphatic rings. The van der Waals surface area contributed by atoms with Crippen LogP contribution >= 0.6 is 0 Å². The Morgan fingerprint density at radius 3 is 0.676 bits per heavy atom. The van der Waals surface area contributed by atoms with Crippen molar-refractivity contribution in [1.29, 1.82) is 0 Å². The first kappa shape index (κ1) is 34.0. The first-order valence-corrected chi connectivity index (χ1v) is 16.5. The summed E-state index contributed by atoms with van der Waals surface area (Å²) >= 11 is 0. The molecule has 0 saturated heterocycles. The van der Waals surface area contributed by atoms with E-state index in [2.05, 4.69) is 13.8 Å². The Morgan fingerprint density at radius 2 is 0.471 bits per heavy atom. The smallest absolute Gasteiger partial charge is 0.0540 e. The maximum Gasteiger partial charge on any atom is 0.0540 e. The molecule has 0 radical (unpaired) electrons. The monoisotopic (exact) mass is 481 g/mol. The second-order valence-corrected chi connectivity index (χ2v) is 11.4. The molecule has 1 unspecified atom stereocenters. The fraction of sp³-hybridized carbons (Fsp3) is 1.00. The number of unbranched alkanes of at least 4 members (excludes halogenated alkanes) is 26. The molecule has 0 bridgehead atoms. The molecule has 206 valence electrons. The topological polar surface area (TPSA) is 20.2 Å². The van der Waals surface area contributed by atoms with E-state index in [-0.39, 0.29) is 6.10 Å². The highest BCUT2D eigenvalue weighted by molar-refractivity contribution is 4.58. The molecular formula is C33H68O. The molecule has 0 aliphatic carbocycles. The Hall–Kier alpha value is -0.0400. The molecule has 0 spiro atoms. The Labute approximate surface area is 217 Å². The van der Waals surface area contributed by atoms with Crippen LogP contribution in [0.5, 0.6) is 0 Å². The molecule has 34 heavy (non-hydrogen) atoms. The molecule has 1 atom stereocenters. The second-order valence-electron chi connectivity index (χ2n) is 11.4. The zero-order valence-corrected chi connectivity index (χ0v) is 24.2. The molecule has 0 rings (SSSR count). The van der Waals surface area contributed by atoms with Gasteiger partial charge in [0.15, 0.2) is 0 Å². The van der Waals surface area contributed by atoms with Crippen molar-refractivity contribution in [2.75, 3.05) is 0 Å². The van der Waals surface area contributed by atoms with Gasteiger partial charge < -0.3 is 5.11 Å². The largest absolute Gasteiger partial charge is 0.393 e. The summed E-state index contributed by atoms with van der Waals surface area (Å²) in [6.07, 6.45) is 41.6. The molecule has 0 saturated carbocycles. The van der Waals surface area contributed by atoms with Gasteiger partial charge in [0.1, 0.15) is 0 Å². The summed E-state index contributed by atoms with van der Waals surface area (Å²) in [4.78, 5) is 0. The van der Waals surface area contributed by atoms with Gasteiger partial charge in [-0.05, 0) is 12.8 Å². The number of hydrogen-bond donors (Lipinski definition) is 1. The van der Waals surface area contributed by atoms with E-state index in [1.54, 1.807) is 0 Å². The molecule has 0 heterocycles. The fourth-order valence-electron chi connectivity index (χ4n) is 5.29. The van der Waals surface area contributed by atoms with Crippen LogP contribution in [0.1, 0.15) is 206 Å². The first-order chi connectivity index (χ1) is 16.8. The standard InChI is InChI=1S/C33H68O/c1-3-5-7-9-11-13-14-15-16-17-18-19-20-21-22-23-24-26-28-30-32-33(34)31-29-27-25-12-10-8-6-4-2/h33-34H,3-32H2,1-2H3. The number of aliphatic hydroxyl groups is 1. The van der Waals surface area contributed by atoms with Gasteiger partial charge in [0.25, 0.3) is 0 Å². The molecule has 0 amide bonds. The highest BCUT2D eigenvalue weighted by Crippen LogP contribution is 2.16. The van der Waals surface area contributed by atoms with Crippen molar-refractivity contribution in [3.8, 4) is 0 Å². The van der Waals surface area contributed by atoms with Crippen LogP contribution in [-0.4, -0.2) is 11.2 Å². The summed E-state index contributed by atoms with van der Waals surface area (Å²) in [5, 5.41) is 10.2. The van der Waals surface area contributed by atoms with Crippen LogP contribution < -0.4 is 0 Å². The van der Waals surface area contributed by atoms with Crippen LogP contribution in [0, 0.1) is 0 Å². The average Bonchev–Trinajstić information content (AvgIpc) is 2.84. The van der Waals surface area contributed by atoms with Gasteiger partial charge >= 0.3 is 0 Å². The summed E-state index contributed by atoms with van der Waals surface area (Å²) in [5.74, 6) is 0. The minimum Gasteiger partial charge on any atom is -0.393 e. The summed E-state index contributed by atoms with van der Waals surface area (Å²) in [6, 6.07) is 0. The highest BCUT2D eigenvalue weighted by Gasteiger charge is 2.04. The lowest BCUT2D eigenvalue weighted by atomic mass is 10.0. The number of rotatable bonds is 30. The summed E-state index contributed by atoms with van der Waals surface area (Å²) < 4.78 is 0. The van der Waals surface area contributed by atoms with E-state index in [1.807, 2.05) is 0 Å². The van der Waals surface area contributed by atoms with Gasteiger partial charge in [-0.1, -0.05) is 194 Å². The fourth-order valence-corrected chi connectivity index (χ4v) is 5.29. The van der Waals surface area contributed by atoms with E-state index < -0.39 is 0 Å². The van der Waals surface area contributed by atoms with E-state index in [1.165, 1.54) is 180 Å². The van der Waals surface area contributed by atoms with Gasteiger partial charge in [-0.2, -0.15) is 0 Å². The van der Waals surface area contributed by atoms with E-state index in [9.17, 15) is 5.11 Å². The van der Waals surface area contributed by atoms with Crippen LogP contribution in [0.25, 0.3) is 0 Å². The van der Waals surface area contributed by atoms with Crippen LogP contribution in [0.3, 0.4) is 0 Å². The van der Waals surface area contributed by atoms with Crippen LogP contribution in [-0.2, 0) is 0 Å². The van der Waals surface area contributed by atoms with E-state index >= 15 is 0 Å². The third-order valence-electron chi connectivity index (χ3n) is 7.78. The van der Waals surface area contributed by atoms with Crippen LogP contribution in [0.15, 0.2) is 0 Å². The van der Waals surface area contributed by atoms with Crippen molar-refractivity contribution in [3.05, 3.63) is 0 Å². The van der Waals surface area contributed by atoms with Crippen molar-refractivity contribution in [2.24, 2.45) is 0 Å². The van der Waals surface area contributed by atoms with Crippen LogP contribution in [0.4, 0.5) is 0 Å². The quantitative estimate of drug-likeness (QED) is 0.101. The minimum absolute atomic E-state index is 0.0318. The molecule has 0 aromatic heterocycles. The molecule has 0 fully saturated rings. The summed E-state index contributed by atoms with van der Waals surface area (Å²) in [5.41, 5.74) is 0. The van der Waals surface area contributed by atoms with Crippen molar-refractivity contribution >= 4 is 0 Å². The summed E-state index contributed by atoms with van der Waals surface area (Å²) in [6.45, 7) is 4.58. The number of aliphatic hydroxyl groups excluding tert-OH is 1. The SMILES string of the molecule is CCCCCCCCCCCCCCCCCCCCCCC(O)CCCCCCCCCC. The maximum absolute atomic E-state index is 10.2. The van der Waals surface area contributed by atoms with Gasteiger partial charge in [-0.3, -0.25) is 0 Å². The second kappa shape index (κ2) is 31.0. The van der Waals surface area contributed by atoms with E-state index in [4.69, 9.17) is 0 Å². The van der Waals surface area contributed by atoms with E-state index in [0.717, 1.165) is 12.8 Å². The molecule has 1 N–H and O–H groups in total. The van der Waals surface area contributed by atoms with Crippen molar-refractivity contribution in [1.82, 2.24) is 0 Å². The number of hydrogen-bond acceptors (Lipinski definition) is 1. The highest BCUT2D eigenvalue weighted by atomic mass is 16.3. The normalized spacial score (nSPS) is 12.4. The van der Waals surface area contributed by atoms with E-state index in [0.29, 0.717) is 0 Å². The van der Waals surface area contributed by atoms with Crippen LogP contribution in [0.2, 0.25) is 0 Å². The maximum atomic E-state index is 10.2. The lowest BCUT2D eigenvalue weighted by Crippen LogP contribution is -2.05. The Balaban J connectivity index is 3.10. The molecule has 1 heteroatoms. The molecule has 1 nitrogen and oxygen atoms in total. The lowest BCUT2D eigenvalue weighted by molar-refractivity contribution is 0.147. The predicted octanol–water partition coefficient (Wildman–Crippen LogP) is 12.1. The average molecular weight is 481 g/mol. The van der Waals surface area contributed by atoms with Crippen molar-refractivity contribution < 1.29 is 5.11 Å². The Kier molecular flexibility index (Phi) is 31.0. The molecule has 0 aromatic carbocycles. The summed E-state index contributed by atoms with van der Waals surface area (Å²) in [7, 11) is 0. The zero-order valence-electron chi connectivity index (χ0n) is 24.2. The minimum atomic E-state index is -0.0318.